The molecule has 0 aliphatic carbocycles. The zero-order valence-electron chi connectivity index (χ0n) is 14.6. The van der Waals surface area contributed by atoms with Crippen LogP contribution in [-0.4, -0.2) is 52.1 Å². The highest BCUT2D eigenvalue weighted by Gasteiger charge is 2.22. The monoisotopic (exact) mass is 350 g/mol. The molecular weight excluding hydrogens is 328 g/mol. The Balaban J connectivity index is 1.38. The van der Waals surface area contributed by atoms with Crippen LogP contribution in [0.25, 0.3) is 11.5 Å². The Kier molecular flexibility index (Phi) is 4.84. The third-order valence-corrected chi connectivity index (χ3v) is 4.71. The maximum absolute atomic E-state index is 12.8. The van der Waals surface area contributed by atoms with Crippen LogP contribution < -0.4 is 0 Å². The van der Waals surface area contributed by atoms with Crippen LogP contribution in [0.3, 0.4) is 0 Å². The summed E-state index contributed by atoms with van der Waals surface area (Å²) < 4.78 is 5.35. The van der Waals surface area contributed by atoms with Crippen molar-refractivity contribution in [1.82, 2.24) is 20.0 Å². The summed E-state index contributed by atoms with van der Waals surface area (Å²) in [5, 5.41) is 7.06. The summed E-state index contributed by atoms with van der Waals surface area (Å²) in [5.74, 6) is 0.655. The Morgan fingerprint density at radius 2 is 1.96 bits per heavy atom. The summed E-state index contributed by atoms with van der Waals surface area (Å²) in [6.45, 7) is 4.27. The van der Waals surface area contributed by atoms with Crippen LogP contribution in [0.5, 0.6) is 0 Å². The molecule has 3 aromatic rings. The van der Waals surface area contributed by atoms with E-state index in [1.807, 2.05) is 23.1 Å². The second kappa shape index (κ2) is 7.58. The van der Waals surface area contributed by atoms with Gasteiger partial charge in [-0.15, -0.1) is 0 Å². The van der Waals surface area contributed by atoms with Gasteiger partial charge in [-0.1, -0.05) is 30.3 Å². The lowest BCUT2D eigenvalue weighted by Gasteiger charge is -2.21. The van der Waals surface area contributed by atoms with Gasteiger partial charge in [-0.3, -0.25) is 14.8 Å². The molecule has 4 rings (SSSR count). The number of aromatic amines is 1. The second-order valence-corrected chi connectivity index (χ2v) is 6.55. The first-order chi connectivity index (χ1) is 12.8. The van der Waals surface area contributed by atoms with Crippen molar-refractivity contribution in [2.75, 3.05) is 26.2 Å². The number of hydrogen-bond acceptors (Lipinski definition) is 4. The molecule has 1 fully saturated rings. The van der Waals surface area contributed by atoms with Gasteiger partial charge in [-0.2, -0.15) is 5.10 Å². The number of nitrogens with zero attached hydrogens (tertiary/aromatic N) is 3. The first kappa shape index (κ1) is 16.6. The molecule has 3 heterocycles. The molecular formula is C20H22N4O2. The first-order valence-corrected chi connectivity index (χ1v) is 8.94. The number of furan rings is 1. The van der Waals surface area contributed by atoms with Gasteiger partial charge in [0.25, 0.3) is 5.91 Å². The van der Waals surface area contributed by atoms with E-state index in [0.29, 0.717) is 18.0 Å². The molecule has 0 spiro atoms. The maximum atomic E-state index is 12.8. The second-order valence-electron chi connectivity index (χ2n) is 6.55. The Bertz CT molecular complexity index is 842. The third kappa shape index (κ3) is 3.70. The SMILES string of the molecule is O=C(c1cc(-c2ccco2)[nH]n1)N1CCCN(Cc2ccccc2)CC1. The lowest BCUT2D eigenvalue weighted by molar-refractivity contribution is 0.0755. The van der Waals surface area contributed by atoms with Crippen molar-refractivity contribution in [3.8, 4) is 11.5 Å². The molecule has 6 nitrogen and oxygen atoms in total. The number of hydrogen-bond donors (Lipinski definition) is 1. The number of nitrogens with one attached hydrogen (secondary N) is 1. The van der Waals surface area contributed by atoms with Gasteiger partial charge in [0, 0.05) is 38.8 Å². The van der Waals surface area contributed by atoms with Crippen LogP contribution in [0, 0.1) is 0 Å². The minimum atomic E-state index is -0.0272. The largest absolute Gasteiger partial charge is 0.463 e. The third-order valence-electron chi connectivity index (χ3n) is 4.71. The van der Waals surface area contributed by atoms with Crippen LogP contribution in [0.4, 0.5) is 0 Å². The quantitative estimate of drug-likeness (QED) is 0.785. The van der Waals surface area contributed by atoms with Crippen LogP contribution in [0.15, 0.2) is 59.2 Å². The predicted octanol–water partition coefficient (Wildman–Crippen LogP) is 3.02. The van der Waals surface area contributed by atoms with E-state index >= 15 is 0 Å². The minimum Gasteiger partial charge on any atom is -0.463 e. The van der Waals surface area contributed by atoms with Gasteiger partial charge in [0.05, 0.1) is 6.26 Å². The Morgan fingerprint density at radius 3 is 2.77 bits per heavy atom. The van der Waals surface area contributed by atoms with Gasteiger partial charge in [0.15, 0.2) is 11.5 Å². The van der Waals surface area contributed by atoms with E-state index in [1.54, 1.807) is 12.3 Å². The molecule has 2 aromatic heterocycles. The van der Waals surface area contributed by atoms with Gasteiger partial charge in [-0.05, 0) is 24.1 Å². The maximum Gasteiger partial charge on any atom is 0.274 e. The first-order valence-electron chi connectivity index (χ1n) is 8.94. The molecule has 6 heteroatoms. The number of amides is 1. The Hall–Kier alpha value is -2.86. The molecule has 0 unspecified atom stereocenters. The molecule has 1 amide bonds. The van der Waals surface area contributed by atoms with Gasteiger partial charge < -0.3 is 9.32 Å². The van der Waals surface area contributed by atoms with E-state index < -0.39 is 0 Å². The Labute approximate surface area is 152 Å². The highest BCUT2D eigenvalue weighted by Crippen LogP contribution is 2.19. The lowest BCUT2D eigenvalue weighted by Crippen LogP contribution is -2.35. The van der Waals surface area contributed by atoms with Crippen molar-refractivity contribution in [3.05, 3.63) is 66.1 Å². The van der Waals surface area contributed by atoms with E-state index in [9.17, 15) is 4.79 Å². The van der Waals surface area contributed by atoms with E-state index in [0.717, 1.165) is 38.3 Å². The van der Waals surface area contributed by atoms with Gasteiger partial charge in [0.2, 0.25) is 0 Å². The van der Waals surface area contributed by atoms with E-state index in [1.165, 1.54) is 5.56 Å². The number of rotatable bonds is 4. The van der Waals surface area contributed by atoms with Crippen molar-refractivity contribution in [2.24, 2.45) is 0 Å². The number of benzene rings is 1. The molecule has 26 heavy (non-hydrogen) atoms. The van der Waals surface area contributed by atoms with Crippen LogP contribution in [-0.2, 0) is 6.54 Å². The highest BCUT2D eigenvalue weighted by molar-refractivity contribution is 5.93. The summed E-state index contributed by atoms with van der Waals surface area (Å²) in [4.78, 5) is 17.1. The summed E-state index contributed by atoms with van der Waals surface area (Å²) in [7, 11) is 0. The number of H-pyrrole nitrogens is 1. The number of aromatic nitrogens is 2. The van der Waals surface area contributed by atoms with Crippen LogP contribution in [0.2, 0.25) is 0 Å². The summed E-state index contributed by atoms with van der Waals surface area (Å²) in [5.41, 5.74) is 2.47. The fraction of sp³-hybridized carbons (Fsp3) is 0.300. The molecule has 134 valence electrons. The minimum absolute atomic E-state index is 0.0272. The van der Waals surface area contributed by atoms with E-state index in [2.05, 4.69) is 39.4 Å². The predicted molar refractivity (Wildman–Crippen MR) is 98.5 cm³/mol. The zero-order valence-corrected chi connectivity index (χ0v) is 14.6. The average Bonchev–Trinajstić information content (AvgIpc) is 3.31. The van der Waals surface area contributed by atoms with Crippen molar-refractivity contribution >= 4 is 5.91 Å². The number of carbonyl (C=O) groups is 1. The molecule has 1 saturated heterocycles. The molecule has 0 atom stereocenters. The van der Waals surface area contributed by atoms with Crippen LogP contribution in [0.1, 0.15) is 22.5 Å². The molecule has 1 aliphatic heterocycles. The fourth-order valence-electron chi connectivity index (χ4n) is 3.33. The summed E-state index contributed by atoms with van der Waals surface area (Å²) in [6, 6.07) is 15.9. The molecule has 1 aliphatic rings. The van der Waals surface area contributed by atoms with Gasteiger partial charge in [-0.25, -0.2) is 0 Å². The normalized spacial score (nSPS) is 15.8. The van der Waals surface area contributed by atoms with Crippen molar-refractivity contribution in [1.29, 1.82) is 0 Å². The Morgan fingerprint density at radius 1 is 1.08 bits per heavy atom. The molecule has 1 aromatic carbocycles. The fourth-order valence-corrected chi connectivity index (χ4v) is 3.33. The standard InChI is InChI=1S/C20H22N4O2/c25-20(18-14-17(21-22-18)19-8-4-13-26-19)24-10-5-9-23(11-12-24)15-16-6-2-1-3-7-16/h1-4,6-8,13-14H,5,9-12,15H2,(H,21,22). The number of carbonyl (C=O) groups excluding carboxylic acids is 1. The lowest BCUT2D eigenvalue weighted by atomic mass is 10.2. The molecule has 0 saturated carbocycles. The van der Waals surface area contributed by atoms with Gasteiger partial charge >= 0.3 is 0 Å². The van der Waals surface area contributed by atoms with E-state index in [-0.39, 0.29) is 5.91 Å². The van der Waals surface area contributed by atoms with Crippen molar-refractivity contribution in [2.45, 2.75) is 13.0 Å². The van der Waals surface area contributed by atoms with Crippen molar-refractivity contribution in [3.63, 3.8) is 0 Å². The van der Waals surface area contributed by atoms with Gasteiger partial charge in [0.1, 0.15) is 5.69 Å². The molecule has 0 bridgehead atoms. The molecule has 0 radical (unpaired) electrons. The zero-order chi connectivity index (χ0) is 17.8. The molecule has 1 N–H and O–H groups in total. The summed E-state index contributed by atoms with van der Waals surface area (Å²) >= 11 is 0. The average molecular weight is 350 g/mol. The van der Waals surface area contributed by atoms with Crippen LogP contribution >= 0.6 is 0 Å². The van der Waals surface area contributed by atoms with Crippen molar-refractivity contribution < 1.29 is 9.21 Å². The smallest absolute Gasteiger partial charge is 0.274 e. The highest BCUT2D eigenvalue weighted by atomic mass is 16.3. The topological polar surface area (TPSA) is 65.4 Å². The van der Waals surface area contributed by atoms with E-state index in [4.69, 9.17) is 4.42 Å². The summed E-state index contributed by atoms with van der Waals surface area (Å²) in [6.07, 6.45) is 2.57.